The molecule has 0 aliphatic heterocycles. The lowest BCUT2D eigenvalue weighted by Crippen LogP contribution is -2.02. The van der Waals surface area contributed by atoms with Crippen LogP contribution in [0.3, 0.4) is 0 Å². The first-order chi connectivity index (χ1) is 8.58. The van der Waals surface area contributed by atoms with Crippen LogP contribution in [0.1, 0.15) is 0 Å². The second-order valence-electron chi connectivity index (χ2n) is 3.42. The fourth-order valence-electron chi connectivity index (χ4n) is 1.36. The van der Waals surface area contributed by atoms with Gasteiger partial charge in [0.25, 0.3) is 0 Å². The molecule has 0 radical (unpaired) electrons. The molecular weight excluding hydrogens is 278 g/mol. The summed E-state index contributed by atoms with van der Waals surface area (Å²) in [4.78, 5) is 7.77. The number of hydrogen-bond donors (Lipinski definition) is 2. The number of halogens is 3. The van der Waals surface area contributed by atoms with E-state index in [1.165, 1.54) is 0 Å². The van der Waals surface area contributed by atoms with Crippen LogP contribution in [0.4, 0.5) is 21.8 Å². The van der Waals surface area contributed by atoms with Gasteiger partial charge >= 0.3 is 0 Å². The minimum absolute atomic E-state index is 0.112. The van der Waals surface area contributed by atoms with Gasteiger partial charge in [-0.15, -0.1) is 0 Å². The Balaban J connectivity index is 2.28. The lowest BCUT2D eigenvalue weighted by molar-refractivity contribution is 0.619. The molecular formula is C11H9Cl2FN4. The van der Waals surface area contributed by atoms with Gasteiger partial charge in [-0.2, -0.15) is 4.98 Å². The SMILES string of the molecule is CNc1nc(Nc2cc(Cl)cc(Cl)c2)ncc1F. The van der Waals surface area contributed by atoms with Crippen LogP contribution in [0.2, 0.25) is 10.0 Å². The van der Waals surface area contributed by atoms with E-state index < -0.39 is 5.82 Å². The molecule has 0 spiro atoms. The van der Waals surface area contributed by atoms with Crippen LogP contribution < -0.4 is 10.6 Å². The second kappa shape index (κ2) is 5.37. The van der Waals surface area contributed by atoms with Crippen LogP contribution in [0, 0.1) is 5.82 Å². The van der Waals surface area contributed by atoms with E-state index in [9.17, 15) is 4.39 Å². The number of rotatable bonds is 3. The third-order valence-corrected chi connectivity index (χ3v) is 2.54. The summed E-state index contributed by atoms with van der Waals surface area (Å²) >= 11 is 11.7. The van der Waals surface area contributed by atoms with Crippen LogP contribution in [-0.2, 0) is 0 Å². The van der Waals surface area contributed by atoms with E-state index in [2.05, 4.69) is 20.6 Å². The van der Waals surface area contributed by atoms with Gasteiger partial charge in [0, 0.05) is 22.8 Å². The molecule has 0 bridgehead atoms. The third kappa shape index (κ3) is 3.00. The second-order valence-corrected chi connectivity index (χ2v) is 4.30. The largest absolute Gasteiger partial charge is 0.371 e. The molecule has 0 amide bonds. The van der Waals surface area contributed by atoms with Crippen LogP contribution in [-0.4, -0.2) is 17.0 Å². The van der Waals surface area contributed by atoms with E-state index in [1.807, 2.05) is 0 Å². The van der Waals surface area contributed by atoms with Crippen molar-refractivity contribution < 1.29 is 4.39 Å². The molecule has 4 nitrogen and oxygen atoms in total. The molecule has 2 aromatic rings. The summed E-state index contributed by atoms with van der Waals surface area (Å²) in [5.74, 6) is -0.160. The van der Waals surface area contributed by atoms with E-state index in [4.69, 9.17) is 23.2 Å². The van der Waals surface area contributed by atoms with E-state index in [0.29, 0.717) is 15.7 Å². The van der Waals surface area contributed by atoms with E-state index in [1.54, 1.807) is 25.2 Å². The zero-order valence-corrected chi connectivity index (χ0v) is 10.8. The van der Waals surface area contributed by atoms with Crippen molar-refractivity contribution in [3.8, 4) is 0 Å². The minimum atomic E-state index is -0.521. The van der Waals surface area contributed by atoms with E-state index >= 15 is 0 Å². The van der Waals surface area contributed by atoms with Crippen molar-refractivity contribution >= 4 is 40.7 Å². The standard InChI is InChI=1S/C11H9Cl2FN4/c1-15-10-9(14)5-16-11(18-10)17-8-3-6(12)2-7(13)4-8/h2-5H,1H3,(H2,15,16,17,18). The molecule has 2 rings (SSSR count). The number of benzene rings is 1. The Hall–Kier alpha value is -1.59. The quantitative estimate of drug-likeness (QED) is 0.903. The zero-order chi connectivity index (χ0) is 13.1. The molecule has 1 aromatic carbocycles. The van der Waals surface area contributed by atoms with Crippen molar-refractivity contribution in [1.82, 2.24) is 9.97 Å². The summed E-state index contributed by atoms with van der Waals surface area (Å²) < 4.78 is 13.2. The predicted molar refractivity (Wildman–Crippen MR) is 71.3 cm³/mol. The van der Waals surface area contributed by atoms with Gasteiger partial charge in [0.05, 0.1) is 6.20 Å². The molecule has 0 fully saturated rings. The van der Waals surface area contributed by atoms with Gasteiger partial charge in [-0.3, -0.25) is 0 Å². The Morgan fingerprint density at radius 1 is 1.17 bits per heavy atom. The molecule has 94 valence electrons. The molecule has 2 N–H and O–H groups in total. The summed E-state index contributed by atoms with van der Waals surface area (Å²) in [5, 5.41) is 6.49. The monoisotopic (exact) mass is 286 g/mol. The summed E-state index contributed by atoms with van der Waals surface area (Å²) in [6.07, 6.45) is 1.08. The topological polar surface area (TPSA) is 49.8 Å². The molecule has 0 saturated heterocycles. The van der Waals surface area contributed by atoms with Crippen molar-refractivity contribution in [3.05, 3.63) is 40.3 Å². The van der Waals surface area contributed by atoms with Crippen molar-refractivity contribution in [2.45, 2.75) is 0 Å². The van der Waals surface area contributed by atoms with E-state index in [0.717, 1.165) is 6.20 Å². The van der Waals surface area contributed by atoms with Crippen molar-refractivity contribution in [2.24, 2.45) is 0 Å². The van der Waals surface area contributed by atoms with Gasteiger partial charge < -0.3 is 10.6 Å². The fourth-order valence-corrected chi connectivity index (χ4v) is 1.88. The van der Waals surface area contributed by atoms with Crippen molar-refractivity contribution in [1.29, 1.82) is 0 Å². The number of nitrogens with zero attached hydrogens (tertiary/aromatic N) is 2. The van der Waals surface area contributed by atoms with Crippen LogP contribution in [0.15, 0.2) is 24.4 Å². The first kappa shape index (κ1) is 12.9. The van der Waals surface area contributed by atoms with Gasteiger partial charge in [-0.05, 0) is 18.2 Å². The van der Waals surface area contributed by atoms with Gasteiger partial charge in [0.1, 0.15) is 0 Å². The Labute approximate surface area is 113 Å². The maximum Gasteiger partial charge on any atom is 0.229 e. The Morgan fingerprint density at radius 3 is 2.44 bits per heavy atom. The number of anilines is 3. The molecule has 0 saturated carbocycles. The zero-order valence-electron chi connectivity index (χ0n) is 9.34. The number of nitrogens with one attached hydrogen (secondary N) is 2. The van der Waals surface area contributed by atoms with E-state index in [-0.39, 0.29) is 11.8 Å². The van der Waals surface area contributed by atoms with Gasteiger partial charge in [0.15, 0.2) is 11.6 Å². The summed E-state index contributed by atoms with van der Waals surface area (Å²) in [6.45, 7) is 0. The highest BCUT2D eigenvalue weighted by molar-refractivity contribution is 6.35. The van der Waals surface area contributed by atoms with Crippen molar-refractivity contribution in [2.75, 3.05) is 17.7 Å². The molecule has 18 heavy (non-hydrogen) atoms. The summed E-state index contributed by atoms with van der Waals surface area (Å²) in [7, 11) is 1.57. The van der Waals surface area contributed by atoms with Gasteiger partial charge in [-0.25, -0.2) is 9.37 Å². The lowest BCUT2D eigenvalue weighted by atomic mass is 10.3. The average molecular weight is 287 g/mol. The lowest BCUT2D eigenvalue weighted by Gasteiger charge is -2.07. The number of hydrogen-bond acceptors (Lipinski definition) is 4. The van der Waals surface area contributed by atoms with Crippen molar-refractivity contribution in [3.63, 3.8) is 0 Å². The Morgan fingerprint density at radius 2 is 1.83 bits per heavy atom. The molecule has 0 aliphatic carbocycles. The highest BCUT2D eigenvalue weighted by Gasteiger charge is 2.06. The molecule has 0 unspecified atom stereocenters. The highest BCUT2D eigenvalue weighted by Crippen LogP contribution is 2.24. The highest BCUT2D eigenvalue weighted by atomic mass is 35.5. The molecule has 1 heterocycles. The Kier molecular flexibility index (Phi) is 3.84. The first-order valence-electron chi connectivity index (χ1n) is 5.02. The predicted octanol–water partition coefficient (Wildman–Crippen LogP) is 3.71. The number of aromatic nitrogens is 2. The fraction of sp³-hybridized carbons (Fsp3) is 0.0909. The summed E-state index contributed by atoms with van der Waals surface area (Å²) in [5.41, 5.74) is 0.626. The molecule has 7 heteroatoms. The smallest absolute Gasteiger partial charge is 0.229 e. The van der Waals surface area contributed by atoms with Crippen LogP contribution >= 0.6 is 23.2 Å². The van der Waals surface area contributed by atoms with Crippen LogP contribution in [0.25, 0.3) is 0 Å². The minimum Gasteiger partial charge on any atom is -0.371 e. The normalized spacial score (nSPS) is 10.2. The van der Waals surface area contributed by atoms with Gasteiger partial charge in [-0.1, -0.05) is 23.2 Å². The third-order valence-electron chi connectivity index (χ3n) is 2.10. The average Bonchev–Trinajstić information content (AvgIpc) is 2.30. The molecule has 0 atom stereocenters. The molecule has 1 aromatic heterocycles. The maximum absolute atomic E-state index is 13.2. The Bertz CT molecular complexity index is 557. The van der Waals surface area contributed by atoms with Crippen LogP contribution in [0.5, 0.6) is 0 Å². The molecule has 0 aliphatic rings. The first-order valence-corrected chi connectivity index (χ1v) is 5.77. The maximum atomic E-state index is 13.2. The van der Waals surface area contributed by atoms with Gasteiger partial charge in [0.2, 0.25) is 5.95 Å². The summed E-state index contributed by atoms with van der Waals surface area (Å²) in [6, 6.07) is 4.94.